The zero-order chi connectivity index (χ0) is 11.7. The van der Waals surface area contributed by atoms with Gasteiger partial charge in [0, 0.05) is 28.4 Å². The molecule has 3 rings (SSSR count). The highest BCUT2D eigenvalue weighted by atomic mass is 16.3. The smallest absolute Gasteiger partial charge is 0.0859 e. The number of rotatable bonds is 2. The Morgan fingerprint density at radius 1 is 1.12 bits per heavy atom. The number of benzene rings is 1. The van der Waals surface area contributed by atoms with E-state index in [-0.39, 0.29) is 6.61 Å². The molecule has 3 nitrogen and oxygen atoms in total. The van der Waals surface area contributed by atoms with Gasteiger partial charge >= 0.3 is 0 Å². The first kappa shape index (κ1) is 10.1. The summed E-state index contributed by atoms with van der Waals surface area (Å²) in [6, 6.07) is 14.0. The van der Waals surface area contributed by atoms with Crippen LogP contribution in [0, 0.1) is 0 Å². The molecular formula is C14H12N2O. The first-order valence-electron chi connectivity index (χ1n) is 5.51. The predicted octanol–water partition coefficient (Wildman–Crippen LogP) is 2.72. The van der Waals surface area contributed by atoms with Gasteiger partial charge in [0.25, 0.3) is 0 Å². The maximum atomic E-state index is 9.28. The molecule has 0 unspecified atom stereocenters. The fourth-order valence-electron chi connectivity index (χ4n) is 2.03. The molecule has 17 heavy (non-hydrogen) atoms. The van der Waals surface area contributed by atoms with Gasteiger partial charge in [-0.25, -0.2) is 0 Å². The minimum atomic E-state index is -0.0501. The lowest BCUT2D eigenvalue weighted by Crippen LogP contribution is -1.92. The number of pyridine rings is 1. The van der Waals surface area contributed by atoms with Gasteiger partial charge < -0.3 is 10.1 Å². The maximum absolute atomic E-state index is 9.28. The summed E-state index contributed by atoms with van der Waals surface area (Å²) in [7, 11) is 0. The van der Waals surface area contributed by atoms with Gasteiger partial charge in [-0.15, -0.1) is 0 Å². The molecule has 3 heteroatoms. The number of nitrogens with one attached hydrogen (secondary N) is 1. The van der Waals surface area contributed by atoms with Crippen molar-refractivity contribution >= 4 is 10.9 Å². The Balaban J connectivity index is 2.20. The molecule has 0 aliphatic heterocycles. The molecule has 0 atom stereocenters. The van der Waals surface area contributed by atoms with Gasteiger partial charge in [-0.1, -0.05) is 18.2 Å². The van der Waals surface area contributed by atoms with Crippen molar-refractivity contribution in [2.45, 2.75) is 6.61 Å². The van der Waals surface area contributed by atoms with Crippen LogP contribution in [0.3, 0.4) is 0 Å². The lowest BCUT2D eigenvalue weighted by molar-refractivity contribution is 0.277. The van der Waals surface area contributed by atoms with Crippen LogP contribution in [0.4, 0.5) is 0 Å². The van der Waals surface area contributed by atoms with Gasteiger partial charge in [-0.3, -0.25) is 4.98 Å². The second kappa shape index (κ2) is 4.03. The van der Waals surface area contributed by atoms with Crippen molar-refractivity contribution in [2.24, 2.45) is 0 Å². The Bertz CT molecular complexity index is 625. The third kappa shape index (κ3) is 1.70. The van der Waals surface area contributed by atoms with E-state index in [0.29, 0.717) is 5.69 Å². The second-order valence-electron chi connectivity index (χ2n) is 3.93. The van der Waals surface area contributed by atoms with Gasteiger partial charge in [0.2, 0.25) is 0 Å². The summed E-state index contributed by atoms with van der Waals surface area (Å²) < 4.78 is 0. The van der Waals surface area contributed by atoms with Crippen LogP contribution >= 0.6 is 0 Å². The standard InChI is InChI=1S/C14H12N2O/c17-9-14-11(5-3-7-15-14)13-8-10-4-1-2-6-12(10)16-13/h1-8,16-17H,9H2. The summed E-state index contributed by atoms with van der Waals surface area (Å²) >= 11 is 0. The minimum absolute atomic E-state index is 0.0501. The molecule has 0 saturated heterocycles. The van der Waals surface area contributed by atoms with Crippen molar-refractivity contribution in [1.82, 2.24) is 9.97 Å². The Kier molecular flexibility index (Phi) is 2.38. The first-order chi connectivity index (χ1) is 8.38. The molecule has 0 aliphatic rings. The molecular weight excluding hydrogens is 212 g/mol. The van der Waals surface area contributed by atoms with Crippen LogP contribution in [0.25, 0.3) is 22.2 Å². The van der Waals surface area contributed by atoms with E-state index in [4.69, 9.17) is 0 Å². The van der Waals surface area contributed by atoms with Crippen LogP contribution in [0.5, 0.6) is 0 Å². The third-order valence-corrected chi connectivity index (χ3v) is 2.86. The van der Waals surface area contributed by atoms with Crippen molar-refractivity contribution in [1.29, 1.82) is 0 Å². The van der Waals surface area contributed by atoms with E-state index in [1.165, 1.54) is 0 Å². The topological polar surface area (TPSA) is 48.9 Å². The molecule has 0 fully saturated rings. The molecule has 2 heterocycles. The molecule has 0 spiro atoms. The zero-order valence-electron chi connectivity index (χ0n) is 9.22. The largest absolute Gasteiger partial charge is 0.390 e. The number of H-pyrrole nitrogens is 1. The molecule has 3 aromatic rings. The Morgan fingerprint density at radius 3 is 2.82 bits per heavy atom. The quantitative estimate of drug-likeness (QED) is 0.703. The molecule has 2 aromatic heterocycles. The molecule has 2 N–H and O–H groups in total. The van der Waals surface area contributed by atoms with Crippen LogP contribution in [0.1, 0.15) is 5.69 Å². The van der Waals surface area contributed by atoms with Gasteiger partial charge in [0.05, 0.1) is 12.3 Å². The highest BCUT2D eigenvalue weighted by Crippen LogP contribution is 2.25. The lowest BCUT2D eigenvalue weighted by atomic mass is 10.1. The van der Waals surface area contributed by atoms with Gasteiger partial charge in [-0.05, 0) is 24.3 Å². The van der Waals surface area contributed by atoms with E-state index in [0.717, 1.165) is 22.2 Å². The minimum Gasteiger partial charge on any atom is -0.390 e. The highest BCUT2D eigenvalue weighted by Gasteiger charge is 2.07. The molecule has 1 aromatic carbocycles. The van der Waals surface area contributed by atoms with Crippen molar-refractivity contribution in [2.75, 3.05) is 0 Å². The Hall–Kier alpha value is -2.13. The van der Waals surface area contributed by atoms with E-state index in [2.05, 4.69) is 22.1 Å². The van der Waals surface area contributed by atoms with E-state index in [1.807, 2.05) is 30.3 Å². The number of fused-ring (bicyclic) bond motifs is 1. The van der Waals surface area contributed by atoms with Crippen LogP contribution in [-0.2, 0) is 6.61 Å². The number of aliphatic hydroxyl groups excluding tert-OH is 1. The van der Waals surface area contributed by atoms with Crippen molar-refractivity contribution < 1.29 is 5.11 Å². The predicted molar refractivity (Wildman–Crippen MR) is 67.5 cm³/mol. The molecule has 0 saturated carbocycles. The fraction of sp³-hybridized carbons (Fsp3) is 0.0714. The van der Waals surface area contributed by atoms with Gasteiger partial charge in [-0.2, -0.15) is 0 Å². The first-order valence-corrected chi connectivity index (χ1v) is 5.51. The Labute approximate surface area is 98.8 Å². The number of hydrogen-bond donors (Lipinski definition) is 2. The Morgan fingerprint density at radius 2 is 2.00 bits per heavy atom. The number of nitrogens with zero attached hydrogens (tertiary/aromatic N) is 1. The normalized spacial score (nSPS) is 10.9. The molecule has 0 amide bonds. The number of aromatic nitrogens is 2. The van der Waals surface area contributed by atoms with Crippen LogP contribution in [-0.4, -0.2) is 15.1 Å². The summed E-state index contributed by atoms with van der Waals surface area (Å²) in [5.41, 5.74) is 3.73. The average Bonchev–Trinajstić information content (AvgIpc) is 2.82. The molecule has 0 aliphatic carbocycles. The van der Waals surface area contributed by atoms with Crippen molar-refractivity contribution in [3.8, 4) is 11.3 Å². The lowest BCUT2D eigenvalue weighted by Gasteiger charge is -2.02. The van der Waals surface area contributed by atoms with E-state index >= 15 is 0 Å². The molecule has 0 radical (unpaired) electrons. The fourth-order valence-corrected chi connectivity index (χ4v) is 2.03. The van der Waals surface area contributed by atoms with Crippen molar-refractivity contribution in [3.05, 3.63) is 54.4 Å². The number of hydrogen-bond acceptors (Lipinski definition) is 2. The van der Waals surface area contributed by atoms with E-state index in [9.17, 15) is 5.11 Å². The summed E-state index contributed by atoms with van der Waals surface area (Å²) in [4.78, 5) is 7.51. The third-order valence-electron chi connectivity index (χ3n) is 2.86. The summed E-state index contributed by atoms with van der Waals surface area (Å²) in [5, 5.41) is 10.4. The van der Waals surface area contributed by atoms with Crippen LogP contribution in [0.2, 0.25) is 0 Å². The number of aromatic amines is 1. The summed E-state index contributed by atoms with van der Waals surface area (Å²) in [6.45, 7) is -0.0501. The maximum Gasteiger partial charge on any atom is 0.0859 e. The van der Waals surface area contributed by atoms with Crippen molar-refractivity contribution in [3.63, 3.8) is 0 Å². The summed E-state index contributed by atoms with van der Waals surface area (Å²) in [5.74, 6) is 0. The SMILES string of the molecule is OCc1ncccc1-c1cc2ccccc2[nH]1. The monoisotopic (exact) mass is 224 g/mol. The number of aliphatic hydroxyl groups is 1. The van der Waals surface area contributed by atoms with E-state index in [1.54, 1.807) is 6.20 Å². The molecule has 84 valence electrons. The van der Waals surface area contributed by atoms with Crippen LogP contribution < -0.4 is 0 Å². The van der Waals surface area contributed by atoms with Crippen LogP contribution in [0.15, 0.2) is 48.7 Å². The van der Waals surface area contributed by atoms with Gasteiger partial charge in [0.15, 0.2) is 0 Å². The second-order valence-corrected chi connectivity index (χ2v) is 3.93. The average molecular weight is 224 g/mol. The van der Waals surface area contributed by atoms with E-state index < -0.39 is 0 Å². The van der Waals surface area contributed by atoms with Gasteiger partial charge in [0.1, 0.15) is 0 Å². The number of para-hydroxylation sites is 1. The zero-order valence-corrected chi connectivity index (χ0v) is 9.22. The molecule has 0 bridgehead atoms. The highest BCUT2D eigenvalue weighted by molar-refractivity contribution is 5.86. The summed E-state index contributed by atoms with van der Waals surface area (Å²) in [6.07, 6.45) is 1.69.